The highest BCUT2D eigenvalue weighted by atomic mass is 16.2. The van der Waals surface area contributed by atoms with Crippen LogP contribution < -0.4 is 11.5 Å². The largest absolute Gasteiger partial charge is 0.382 e. The fourth-order valence-corrected chi connectivity index (χ4v) is 3.19. The van der Waals surface area contributed by atoms with Crippen LogP contribution in [0.4, 0.5) is 5.82 Å². The minimum absolute atomic E-state index is 0.0758. The number of nitrogen functional groups attached to an aromatic ring is 1. The zero-order valence-corrected chi connectivity index (χ0v) is 15.6. The molecule has 0 spiro atoms. The molecule has 3 aromatic rings. The van der Waals surface area contributed by atoms with Crippen LogP contribution in [-0.2, 0) is 4.79 Å². The maximum Gasteiger partial charge on any atom is 0.237 e. The minimum Gasteiger partial charge on any atom is -0.382 e. The molecule has 28 heavy (non-hydrogen) atoms. The zero-order valence-electron chi connectivity index (χ0n) is 15.6. The molecule has 0 aliphatic carbocycles. The number of anilines is 1. The third kappa shape index (κ3) is 3.27. The van der Waals surface area contributed by atoms with E-state index >= 15 is 0 Å². The molecule has 1 aliphatic heterocycles. The van der Waals surface area contributed by atoms with Crippen molar-refractivity contribution < 1.29 is 4.79 Å². The normalized spacial score (nSPS) is 16.3. The van der Waals surface area contributed by atoms with E-state index in [1.54, 1.807) is 11.9 Å². The topological polar surface area (TPSA) is 97.9 Å². The van der Waals surface area contributed by atoms with Gasteiger partial charge in [-0.05, 0) is 25.5 Å². The second-order valence-corrected chi connectivity index (χ2v) is 6.75. The van der Waals surface area contributed by atoms with E-state index in [2.05, 4.69) is 31.8 Å². The van der Waals surface area contributed by atoms with E-state index in [4.69, 9.17) is 13.6 Å². The Kier molecular flexibility index (Phi) is 4.43. The van der Waals surface area contributed by atoms with Gasteiger partial charge in [-0.1, -0.05) is 24.0 Å². The van der Waals surface area contributed by atoms with Crippen molar-refractivity contribution in [3.8, 4) is 23.2 Å². The Morgan fingerprint density at radius 2 is 2.04 bits per heavy atom. The molecular formula is C20H17BN6O. The first-order valence-electron chi connectivity index (χ1n) is 8.86. The molecule has 2 aromatic heterocycles. The predicted molar refractivity (Wildman–Crippen MR) is 108 cm³/mol. The van der Waals surface area contributed by atoms with Crippen LogP contribution in [0, 0.1) is 24.7 Å². The smallest absolute Gasteiger partial charge is 0.237 e. The van der Waals surface area contributed by atoms with Gasteiger partial charge in [-0.15, -0.1) is 0 Å². The number of benzene rings is 1. The van der Waals surface area contributed by atoms with E-state index in [-0.39, 0.29) is 23.4 Å². The SMILES string of the molecule is [B]c1nc(N)c2nc(-c3cccc(C#C[C@@H]4CCN(C)C4=O)c3)nc(C)c2n1. The molecule has 2 radical (unpaired) electrons. The highest BCUT2D eigenvalue weighted by Crippen LogP contribution is 2.23. The number of likely N-dealkylation sites (tertiary alicyclic amines) is 1. The lowest BCUT2D eigenvalue weighted by Gasteiger charge is -2.08. The van der Waals surface area contributed by atoms with Gasteiger partial charge in [0.05, 0.1) is 11.4 Å². The fraction of sp³-hybridized carbons (Fsp3) is 0.250. The first-order valence-corrected chi connectivity index (χ1v) is 8.86. The molecule has 0 unspecified atom stereocenters. The summed E-state index contributed by atoms with van der Waals surface area (Å²) >= 11 is 0. The summed E-state index contributed by atoms with van der Waals surface area (Å²) in [7, 11) is 7.46. The van der Waals surface area contributed by atoms with E-state index < -0.39 is 0 Å². The second-order valence-electron chi connectivity index (χ2n) is 6.75. The Morgan fingerprint density at radius 1 is 1.21 bits per heavy atom. The molecule has 136 valence electrons. The van der Waals surface area contributed by atoms with Gasteiger partial charge in [0.25, 0.3) is 0 Å². The molecule has 1 fully saturated rings. The summed E-state index contributed by atoms with van der Waals surface area (Å²) in [6.45, 7) is 2.57. The van der Waals surface area contributed by atoms with Crippen molar-refractivity contribution in [1.29, 1.82) is 0 Å². The first kappa shape index (κ1) is 17.9. The number of fused-ring (bicyclic) bond motifs is 1. The third-order valence-electron chi connectivity index (χ3n) is 4.70. The summed E-state index contributed by atoms with van der Waals surface area (Å²) in [6, 6.07) is 7.57. The van der Waals surface area contributed by atoms with Crippen molar-refractivity contribution in [2.75, 3.05) is 19.3 Å². The van der Waals surface area contributed by atoms with Crippen LogP contribution in [0.5, 0.6) is 0 Å². The van der Waals surface area contributed by atoms with Crippen molar-refractivity contribution in [3.63, 3.8) is 0 Å². The summed E-state index contributed by atoms with van der Waals surface area (Å²) in [5, 5.41) is 0. The molecule has 1 aliphatic rings. The van der Waals surface area contributed by atoms with E-state index in [1.807, 2.05) is 31.2 Å². The molecule has 7 nitrogen and oxygen atoms in total. The molecule has 1 aromatic carbocycles. The van der Waals surface area contributed by atoms with Crippen LogP contribution in [0.25, 0.3) is 22.4 Å². The third-order valence-corrected chi connectivity index (χ3v) is 4.70. The van der Waals surface area contributed by atoms with Gasteiger partial charge in [-0.2, -0.15) is 0 Å². The molecule has 2 N–H and O–H groups in total. The summed E-state index contributed by atoms with van der Waals surface area (Å²) in [4.78, 5) is 30.9. The quantitative estimate of drug-likeness (QED) is 0.499. The Bertz CT molecular complexity index is 1170. The van der Waals surface area contributed by atoms with Gasteiger partial charge in [0, 0.05) is 24.7 Å². The first-order chi connectivity index (χ1) is 13.4. The number of carbonyl (C=O) groups excluding carboxylic acids is 1. The average Bonchev–Trinajstić information content (AvgIpc) is 2.99. The fourth-order valence-electron chi connectivity index (χ4n) is 3.19. The predicted octanol–water partition coefficient (Wildman–Crippen LogP) is 0.601. The lowest BCUT2D eigenvalue weighted by atomic mass is 10.1. The molecule has 8 heteroatoms. The number of amides is 1. The van der Waals surface area contributed by atoms with Crippen LogP contribution >= 0.6 is 0 Å². The van der Waals surface area contributed by atoms with E-state index in [0.29, 0.717) is 22.6 Å². The number of aryl methyl sites for hydroxylation is 1. The molecule has 3 heterocycles. The minimum atomic E-state index is -0.241. The maximum atomic E-state index is 12.0. The number of carbonyl (C=O) groups is 1. The number of aromatic nitrogens is 4. The second kappa shape index (κ2) is 6.93. The van der Waals surface area contributed by atoms with Gasteiger partial charge in [0.2, 0.25) is 5.91 Å². The van der Waals surface area contributed by atoms with Crippen LogP contribution in [0.1, 0.15) is 17.7 Å². The van der Waals surface area contributed by atoms with Crippen molar-refractivity contribution in [3.05, 3.63) is 35.5 Å². The van der Waals surface area contributed by atoms with Crippen molar-refractivity contribution in [2.24, 2.45) is 5.92 Å². The highest BCUT2D eigenvalue weighted by molar-refractivity contribution is 6.29. The lowest BCUT2D eigenvalue weighted by molar-refractivity contribution is -0.128. The number of hydrogen-bond acceptors (Lipinski definition) is 6. The number of nitrogens with two attached hydrogens (primary N) is 1. The van der Waals surface area contributed by atoms with Crippen LogP contribution in [0.2, 0.25) is 0 Å². The Balaban J connectivity index is 1.71. The van der Waals surface area contributed by atoms with E-state index in [1.165, 1.54) is 0 Å². The number of hydrogen-bond donors (Lipinski definition) is 1. The van der Waals surface area contributed by atoms with Gasteiger partial charge < -0.3 is 10.6 Å². The van der Waals surface area contributed by atoms with Crippen LogP contribution in [-0.4, -0.2) is 52.2 Å². The molecule has 0 saturated carbocycles. The molecule has 0 bridgehead atoms. The summed E-state index contributed by atoms with van der Waals surface area (Å²) < 4.78 is 0. The van der Waals surface area contributed by atoms with Crippen molar-refractivity contribution >= 4 is 36.3 Å². The van der Waals surface area contributed by atoms with Gasteiger partial charge in [-0.3, -0.25) is 4.79 Å². The van der Waals surface area contributed by atoms with Crippen molar-refractivity contribution in [1.82, 2.24) is 24.8 Å². The van der Waals surface area contributed by atoms with Gasteiger partial charge >= 0.3 is 0 Å². The summed E-state index contributed by atoms with van der Waals surface area (Å²) in [5.74, 6) is 6.73. The van der Waals surface area contributed by atoms with Crippen molar-refractivity contribution in [2.45, 2.75) is 13.3 Å². The number of rotatable bonds is 1. The summed E-state index contributed by atoms with van der Waals surface area (Å²) in [5.41, 5.74) is 9.31. The van der Waals surface area contributed by atoms with Crippen LogP contribution in [0.3, 0.4) is 0 Å². The Labute approximate surface area is 163 Å². The Hall–Kier alpha value is -3.47. The van der Waals surface area contributed by atoms with E-state index in [9.17, 15) is 4.79 Å². The molecule has 4 rings (SSSR count). The average molecular weight is 368 g/mol. The highest BCUT2D eigenvalue weighted by Gasteiger charge is 2.27. The van der Waals surface area contributed by atoms with E-state index in [0.717, 1.165) is 24.1 Å². The summed E-state index contributed by atoms with van der Waals surface area (Å²) in [6.07, 6.45) is 0.761. The number of nitrogens with zero attached hydrogens (tertiary/aromatic N) is 5. The Morgan fingerprint density at radius 3 is 2.79 bits per heavy atom. The molecule has 1 saturated heterocycles. The standard InChI is InChI=1S/C20H17BN6O/c1-11-15-16(17(22)26-20(21)25-15)24-18(23-11)14-5-3-4-12(10-14)6-7-13-8-9-27(2)19(13)28/h3-5,10,13H,8-9H2,1-2H3,(H2,22,25,26)/t13-/m1/s1. The molecule has 1 amide bonds. The van der Waals surface area contributed by atoms with Gasteiger partial charge in [-0.25, -0.2) is 19.9 Å². The lowest BCUT2D eigenvalue weighted by Crippen LogP contribution is -2.21. The monoisotopic (exact) mass is 368 g/mol. The molecular weight excluding hydrogens is 351 g/mol. The van der Waals surface area contributed by atoms with Gasteiger partial charge in [0.15, 0.2) is 19.5 Å². The molecule has 1 atom stereocenters. The van der Waals surface area contributed by atoms with Crippen LogP contribution in [0.15, 0.2) is 24.3 Å². The zero-order chi connectivity index (χ0) is 19.8. The maximum absolute atomic E-state index is 12.0. The van der Waals surface area contributed by atoms with Gasteiger partial charge in [0.1, 0.15) is 17.0 Å².